The molecule has 0 unspecified atom stereocenters. The molecule has 2 heterocycles. The summed E-state index contributed by atoms with van der Waals surface area (Å²) >= 11 is 5.92. The number of amides is 1. The number of nitrogens with one attached hydrogen (secondary N) is 1. The minimum atomic E-state index is -1.42. The standard InChI is InChI=1S/C22H44ClN7O8/c23-6-13-16(32)14(28)15(29)22(36-13)38-19-11(30-20(34)12(31)3-4-24)5-10(27)18(17(19)33)37-21-9(26)2-1-8(7-25)35-21/h8-19,21-22,31-33H,1-7,24-29H2,(H,30,34)/t8-,9+,10-,11+,12-,13+,14+,15+,16+,17-,18+,19-,21+,22+/m0/s1. The second-order valence-electron chi connectivity index (χ2n) is 10.2. The predicted molar refractivity (Wildman–Crippen MR) is 136 cm³/mol. The first kappa shape index (κ1) is 31.8. The molecule has 0 spiro atoms. The summed E-state index contributed by atoms with van der Waals surface area (Å²) in [4.78, 5) is 12.6. The summed E-state index contributed by atoms with van der Waals surface area (Å²) in [5.74, 6) is -0.800. The van der Waals surface area contributed by atoms with E-state index < -0.39 is 85.3 Å². The van der Waals surface area contributed by atoms with Crippen molar-refractivity contribution in [3.05, 3.63) is 0 Å². The molecule has 0 aromatic rings. The minimum absolute atomic E-state index is 0.0321. The molecule has 15 nitrogen and oxygen atoms in total. The van der Waals surface area contributed by atoms with Crippen LogP contribution in [0.25, 0.3) is 0 Å². The summed E-state index contributed by atoms with van der Waals surface area (Å²) in [6.45, 7) is 0.370. The quantitative estimate of drug-likeness (QED) is 0.110. The van der Waals surface area contributed by atoms with Crippen LogP contribution in [0.5, 0.6) is 0 Å². The summed E-state index contributed by atoms with van der Waals surface area (Å²) in [6, 6.07) is -4.07. The minimum Gasteiger partial charge on any atom is -0.389 e. The normalized spacial score (nSPS) is 44.9. The Morgan fingerprint density at radius 3 is 2.29 bits per heavy atom. The van der Waals surface area contributed by atoms with Gasteiger partial charge in [0.1, 0.15) is 30.5 Å². The van der Waals surface area contributed by atoms with Gasteiger partial charge in [0.15, 0.2) is 12.6 Å². The molecule has 16 heteroatoms. The Morgan fingerprint density at radius 2 is 1.66 bits per heavy atom. The van der Waals surface area contributed by atoms with E-state index in [1.165, 1.54) is 0 Å². The number of aliphatic hydroxyl groups excluding tert-OH is 3. The van der Waals surface area contributed by atoms with Crippen LogP contribution in [0.2, 0.25) is 0 Å². The zero-order valence-electron chi connectivity index (χ0n) is 21.3. The molecule has 0 bridgehead atoms. The monoisotopic (exact) mass is 569 g/mol. The van der Waals surface area contributed by atoms with Crippen LogP contribution in [0.1, 0.15) is 25.7 Å². The predicted octanol–water partition coefficient (Wildman–Crippen LogP) is -5.19. The first-order chi connectivity index (χ1) is 18.0. The Labute approximate surface area is 226 Å². The van der Waals surface area contributed by atoms with Crippen LogP contribution in [0.3, 0.4) is 0 Å². The Morgan fingerprint density at radius 1 is 0.974 bits per heavy atom. The number of carbonyl (C=O) groups is 1. The van der Waals surface area contributed by atoms with Crippen LogP contribution >= 0.6 is 11.6 Å². The topological polar surface area (TPSA) is 283 Å². The van der Waals surface area contributed by atoms with Gasteiger partial charge in [-0.2, -0.15) is 0 Å². The van der Waals surface area contributed by atoms with Crippen molar-refractivity contribution in [1.82, 2.24) is 5.32 Å². The number of ether oxygens (including phenoxy) is 4. The number of carbonyl (C=O) groups excluding carboxylic acids is 1. The van der Waals surface area contributed by atoms with E-state index in [-0.39, 0.29) is 37.9 Å². The van der Waals surface area contributed by atoms with Gasteiger partial charge < -0.3 is 74.0 Å². The molecule has 222 valence electrons. The molecule has 2 aliphatic heterocycles. The molecule has 1 amide bonds. The highest BCUT2D eigenvalue weighted by molar-refractivity contribution is 6.18. The summed E-state index contributed by atoms with van der Waals surface area (Å²) in [5.41, 5.74) is 36.0. The summed E-state index contributed by atoms with van der Waals surface area (Å²) in [7, 11) is 0. The fraction of sp³-hybridized carbons (Fsp3) is 0.955. The average molecular weight is 570 g/mol. The molecule has 3 fully saturated rings. The maximum absolute atomic E-state index is 12.6. The van der Waals surface area contributed by atoms with E-state index >= 15 is 0 Å². The molecule has 16 N–H and O–H groups in total. The van der Waals surface area contributed by atoms with Crippen molar-refractivity contribution in [3.63, 3.8) is 0 Å². The van der Waals surface area contributed by atoms with E-state index in [2.05, 4.69) is 5.32 Å². The summed E-state index contributed by atoms with van der Waals surface area (Å²) < 4.78 is 23.8. The maximum atomic E-state index is 12.6. The van der Waals surface area contributed by atoms with Crippen LogP contribution < -0.4 is 39.7 Å². The van der Waals surface area contributed by atoms with Crippen LogP contribution in [0, 0.1) is 0 Å². The molecule has 3 aliphatic rings. The van der Waals surface area contributed by atoms with Crippen molar-refractivity contribution in [2.45, 2.75) is 111 Å². The molecule has 38 heavy (non-hydrogen) atoms. The van der Waals surface area contributed by atoms with Crippen molar-refractivity contribution in [2.24, 2.45) is 34.4 Å². The Hall–Kier alpha value is -0.760. The van der Waals surface area contributed by atoms with Crippen LogP contribution in [0.15, 0.2) is 0 Å². The first-order valence-electron chi connectivity index (χ1n) is 13.0. The van der Waals surface area contributed by atoms with Gasteiger partial charge in [-0.05, 0) is 32.2 Å². The largest absolute Gasteiger partial charge is 0.389 e. The van der Waals surface area contributed by atoms with E-state index in [0.29, 0.717) is 12.8 Å². The fourth-order valence-electron chi connectivity index (χ4n) is 5.05. The van der Waals surface area contributed by atoms with Crippen molar-refractivity contribution in [1.29, 1.82) is 0 Å². The molecular formula is C22H44ClN7O8. The number of alkyl halides is 1. The highest BCUT2D eigenvalue weighted by atomic mass is 35.5. The maximum Gasteiger partial charge on any atom is 0.249 e. The van der Waals surface area contributed by atoms with Gasteiger partial charge in [-0.3, -0.25) is 4.79 Å². The Bertz CT molecular complexity index is 760. The third-order valence-electron chi connectivity index (χ3n) is 7.43. The molecule has 0 aromatic heterocycles. The van der Waals surface area contributed by atoms with E-state index in [4.69, 9.17) is 65.0 Å². The lowest BCUT2D eigenvalue weighted by molar-refractivity contribution is -0.290. The number of hydrogen-bond donors (Lipinski definition) is 10. The Balaban J connectivity index is 1.82. The van der Waals surface area contributed by atoms with Crippen molar-refractivity contribution >= 4 is 17.5 Å². The lowest BCUT2D eigenvalue weighted by atomic mass is 9.83. The molecule has 1 aliphatic carbocycles. The van der Waals surface area contributed by atoms with E-state index in [1.54, 1.807) is 0 Å². The zero-order valence-corrected chi connectivity index (χ0v) is 22.0. The number of halogens is 1. The third kappa shape index (κ3) is 7.30. The zero-order chi connectivity index (χ0) is 28.1. The van der Waals surface area contributed by atoms with Crippen LogP contribution in [0.4, 0.5) is 0 Å². The SMILES string of the molecule is NCC[C@H](O)C(=O)N[C@@H]1C[C@H](N)[C@@H](O[C@H]2O[C@H](CN)CC[C@H]2N)[C@H](O)[C@H]1O[C@H]1O[C@H](CCl)[C@@H](O)[C@H](N)[C@H]1N. The number of hydrogen-bond acceptors (Lipinski definition) is 14. The molecule has 14 atom stereocenters. The lowest BCUT2D eigenvalue weighted by Gasteiger charge is -2.48. The van der Waals surface area contributed by atoms with E-state index in [1.807, 2.05) is 0 Å². The van der Waals surface area contributed by atoms with Gasteiger partial charge in [0.2, 0.25) is 5.91 Å². The van der Waals surface area contributed by atoms with Crippen LogP contribution in [-0.4, -0.2) is 126 Å². The van der Waals surface area contributed by atoms with Gasteiger partial charge in [-0.1, -0.05) is 0 Å². The van der Waals surface area contributed by atoms with Gasteiger partial charge in [-0.15, -0.1) is 11.6 Å². The summed E-state index contributed by atoms with van der Waals surface area (Å²) in [6.07, 6.45) is -7.93. The number of rotatable bonds is 10. The van der Waals surface area contributed by atoms with Gasteiger partial charge in [0.05, 0.1) is 42.3 Å². The lowest BCUT2D eigenvalue weighted by Crippen LogP contribution is -2.70. The van der Waals surface area contributed by atoms with E-state index in [9.17, 15) is 20.1 Å². The molecule has 0 radical (unpaired) electrons. The van der Waals surface area contributed by atoms with Gasteiger partial charge in [0.25, 0.3) is 0 Å². The van der Waals surface area contributed by atoms with Crippen molar-refractivity contribution in [3.8, 4) is 0 Å². The van der Waals surface area contributed by atoms with E-state index in [0.717, 1.165) is 0 Å². The highest BCUT2D eigenvalue weighted by Gasteiger charge is 2.50. The molecular weight excluding hydrogens is 526 g/mol. The van der Waals surface area contributed by atoms with Gasteiger partial charge >= 0.3 is 0 Å². The summed E-state index contributed by atoms with van der Waals surface area (Å²) in [5, 5.41) is 34.5. The average Bonchev–Trinajstić information content (AvgIpc) is 2.89. The molecule has 3 rings (SSSR count). The highest BCUT2D eigenvalue weighted by Crippen LogP contribution is 2.31. The molecule has 2 saturated heterocycles. The smallest absolute Gasteiger partial charge is 0.249 e. The van der Waals surface area contributed by atoms with Crippen LogP contribution in [-0.2, 0) is 23.7 Å². The van der Waals surface area contributed by atoms with Gasteiger partial charge in [0, 0.05) is 12.6 Å². The molecule has 0 aromatic carbocycles. The second kappa shape index (κ2) is 14.2. The third-order valence-corrected chi connectivity index (χ3v) is 7.73. The van der Waals surface area contributed by atoms with Crippen molar-refractivity contribution < 1.29 is 39.1 Å². The number of aliphatic hydroxyl groups is 3. The molecule has 1 saturated carbocycles. The second-order valence-corrected chi connectivity index (χ2v) is 10.6. The fourth-order valence-corrected chi connectivity index (χ4v) is 5.30. The number of nitrogens with two attached hydrogens (primary N) is 6. The van der Waals surface area contributed by atoms with Crippen molar-refractivity contribution in [2.75, 3.05) is 19.0 Å². The first-order valence-corrected chi connectivity index (χ1v) is 13.5. The van der Waals surface area contributed by atoms with Gasteiger partial charge in [-0.25, -0.2) is 0 Å². The Kier molecular flexibility index (Phi) is 11.9.